The molecule has 6 heteroatoms. The summed E-state index contributed by atoms with van der Waals surface area (Å²) in [6, 6.07) is 3.78. The minimum absolute atomic E-state index is 0.0340. The molecule has 3 atom stereocenters. The molecule has 2 heterocycles. The summed E-state index contributed by atoms with van der Waals surface area (Å²) in [5, 5.41) is 9.23. The Bertz CT molecular complexity index is 596. The number of rotatable bonds is 5. The van der Waals surface area contributed by atoms with Crippen molar-refractivity contribution < 1.29 is 23.8 Å². The molecule has 1 saturated carbocycles. The molecule has 1 aromatic rings. The average molecular weight is 335 g/mol. The highest BCUT2D eigenvalue weighted by Gasteiger charge is 2.38. The van der Waals surface area contributed by atoms with Gasteiger partial charge in [0.15, 0.2) is 0 Å². The zero-order valence-electron chi connectivity index (χ0n) is 14.1. The lowest BCUT2D eigenvalue weighted by molar-refractivity contribution is -0.145. The van der Waals surface area contributed by atoms with Gasteiger partial charge in [-0.3, -0.25) is 9.59 Å². The van der Waals surface area contributed by atoms with E-state index in [2.05, 4.69) is 0 Å². The van der Waals surface area contributed by atoms with Gasteiger partial charge < -0.3 is 19.2 Å². The molecule has 3 rings (SSSR count). The van der Waals surface area contributed by atoms with E-state index in [4.69, 9.17) is 9.15 Å². The van der Waals surface area contributed by atoms with Crippen LogP contribution in [0.4, 0.5) is 0 Å². The highest BCUT2D eigenvalue weighted by Crippen LogP contribution is 2.37. The first kappa shape index (κ1) is 17.0. The first-order valence-corrected chi connectivity index (χ1v) is 8.71. The van der Waals surface area contributed by atoms with Gasteiger partial charge in [0.05, 0.1) is 12.0 Å². The Morgan fingerprint density at radius 2 is 2.04 bits per heavy atom. The van der Waals surface area contributed by atoms with E-state index < -0.39 is 5.97 Å². The number of nitrogens with zero attached hydrogens (tertiary/aromatic N) is 1. The van der Waals surface area contributed by atoms with E-state index in [9.17, 15) is 14.7 Å². The van der Waals surface area contributed by atoms with E-state index in [1.165, 1.54) is 0 Å². The summed E-state index contributed by atoms with van der Waals surface area (Å²) in [7, 11) is 1.62. The Morgan fingerprint density at radius 1 is 1.25 bits per heavy atom. The second-order valence-corrected chi connectivity index (χ2v) is 6.83. The lowest BCUT2D eigenvalue weighted by Gasteiger charge is -2.31. The predicted molar refractivity (Wildman–Crippen MR) is 86.2 cm³/mol. The Labute approximate surface area is 141 Å². The maximum atomic E-state index is 13.0. The lowest BCUT2D eigenvalue weighted by Crippen LogP contribution is -2.38. The number of methoxy groups -OCH3 is 1. The van der Waals surface area contributed by atoms with Crippen molar-refractivity contribution in [2.75, 3.05) is 13.7 Å². The fourth-order valence-electron chi connectivity index (χ4n) is 3.99. The van der Waals surface area contributed by atoms with Crippen LogP contribution in [-0.4, -0.2) is 35.5 Å². The van der Waals surface area contributed by atoms with Gasteiger partial charge in [-0.2, -0.15) is 0 Å². The summed E-state index contributed by atoms with van der Waals surface area (Å²) in [6.45, 7) is 1.14. The zero-order valence-corrected chi connectivity index (χ0v) is 14.1. The van der Waals surface area contributed by atoms with Crippen molar-refractivity contribution in [2.45, 2.75) is 51.2 Å². The van der Waals surface area contributed by atoms with E-state index in [0.717, 1.165) is 43.7 Å². The van der Waals surface area contributed by atoms with Gasteiger partial charge in [-0.1, -0.05) is 6.42 Å². The summed E-state index contributed by atoms with van der Waals surface area (Å²) in [5.74, 6) is 0.322. The highest BCUT2D eigenvalue weighted by molar-refractivity contribution is 5.81. The van der Waals surface area contributed by atoms with Crippen LogP contribution < -0.4 is 0 Å². The molecule has 24 heavy (non-hydrogen) atoms. The molecule has 1 saturated heterocycles. The van der Waals surface area contributed by atoms with Crippen LogP contribution in [0.15, 0.2) is 16.5 Å². The van der Waals surface area contributed by atoms with Crippen molar-refractivity contribution >= 4 is 11.9 Å². The zero-order chi connectivity index (χ0) is 17.1. The topological polar surface area (TPSA) is 80.0 Å². The van der Waals surface area contributed by atoms with Gasteiger partial charge in [-0.05, 0) is 44.2 Å². The van der Waals surface area contributed by atoms with Crippen molar-refractivity contribution in [2.24, 2.45) is 11.8 Å². The molecule has 2 fully saturated rings. The number of carboxylic acid groups (broad SMARTS) is 1. The third-order valence-electron chi connectivity index (χ3n) is 5.21. The number of ether oxygens (including phenoxy) is 1. The van der Waals surface area contributed by atoms with E-state index in [-0.39, 0.29) is 23.8 Å². The van der Waals surface area contributed by atoms with Crippen LogP contribution in [0, 0.1) is 11.8 Å². The first-order valence-electron chi connectivity index (χ1n) is 8.71. The Kier molecular flexibility index (Phi) is 5.23. The Morgan fingerprint density at radius 3 is 2.79 bits per heavy atom. The minimum Gasteiger partial charge on any atom is -0.481 e. The maximum absolute atomic E-state index is 13.0. The molecule has 6 nitrogen and oxygen atoms in total. The number of carbonyl (C=O) groups is 2. The van der Waals surface area contributed by atoms with Gasteiger partial charge >= 0.3 is 5.97 Å². The summed E-state index contributed by atoms with van der Waals surface area (Å²) in [4.78, 5) is 26.1. The molecule has 3 unspecified atom stereocenters. The normalized spacial score (nSPS) is 27.4. The van der Waals surface area contributed by atoms with Crippen molar-refractivity contribution in [1.82, 2.24) is 4.90 Å². The van der Waals surface area contributed by atoms with Crippen LogP contribution in [0.3, 0.4) is 0 Å². The standard InChI is InChI=1S/C18H25NO5/c1-23-11-14-7-8-16(24-14)15-6-3-9-19(15)17(20)12-4-2-5-13(10-12)18(21)22/h7-8,12-13,15H,2-6,9-11H2,1H3,(H,21,22). The molecule has 0 radical (unpaired) electrons. The fraction of sp³-hybridized carbons (Fsp3) is 0.667. The first-order chi connectivity index (χ1) is 11.6. The largest absolute Gasteiger partial charge is 0.481 e. The van der Waals surface area contributed by atoms with Gasteiger partial charge in [0.25, 0.3) is 0 Å². The number of hydrogen-bond donors (Lipinski definition) is 1. The third kappa shape index (κ3) is 3.48. The van der Waals surface area contributed by atoms with Gasteiger partial charge in [0.1, 0.15) is 18.1 Å². The van der Waals surface area contributed by atoms with Crippen LogP contribution in [0.1, 0.15) is 56.1 Å². The number of carbonyl (C=O) groups excluding carboxylic acids is 1. The number of carboxylic acids is 1. The van der Waals surface area contributed by atoms with Gasteiger partial charge in [-0.25, -0.2) is 0 Å². The molecule has 0 spiro atoms. The molecule has 0 bridgehead atoms. The van der Waals surface area contributed by atoms with Gasteiger partial charge in [0.2, 0.25) is 5.91 Å². The minimum atomic E-state index is -0.777. The van der Waals surface area contributed by atoms with Crippen molar-refractivity contribution in [3.05, 3.63) is 23.7 Å². The quantitative estimate of drug-likeness (QED) is 0.895. The van der Waals surface area contributed by atoms with Crippen LogP contribution in [0.5, 0.6) is 0 Å². The molecule has 1 aromatic heterocycles. The van der Waals surface area contributed by atoms with Gasteiger partial charge in [0, 0.05) is 19.6 Å². The van der Waals surface area contributed by atoms with E-state index >= 15 is 0 Å². The second-order valence-electron chi connectivity index (χ2n) is 6.83. The predicted octanol–water partition coefficient (Wildman–Crippen LogP) is 2.98. The molecule has 1 aliphatic heterocycles. The number of amides is 1. The van der Waals surface area contributed by atoms with E-state index in [0.29, 0.717) is 19.4 Å². The Hall–Kier alpha value is -1.82. The van der Waals surface area contributed by atoms with E-state index in [1.54, 1.807) is 7.11 Å². The number of furan rings is 1. The molecule has 1 aliphatic carbocycles. The fourth-order valence-corrected chi connectivity index (χ4v) is 3.99. The van der Waals surface area contributed by atoms with Crippen molar-refractivity contribution in [3.8, 4) is 0 Å². The molecule has 132 valence electrons. The third-order valence-corrected chi connectivity index (χ3v) is 5.21. The molecular formula is C18H25NO5. The van der Waals surface area contributed by atoms with Crippen LogP contribution in [0.2, 0.25) is 0 Å². The average Bonchev–Trinajstić information content (AvgIpc) is 3.23. The Balaban J connectivity index is 1.70. The highest BCUT2D eigenvalue weighted by atomic mass is 16.5. The lowest BCUT2D eigenvalue weighted by atomic mass is 9.80. The van der Waals surface area contributed by atoms with Crippen molar-refractivity contribution in [3.63, 3.8) is 0 Å². The number of hydrogen-bond acceptors (Lipinski definition) is 4. The van der Waals surface area contributed by atoms with Crippen LogP contribution in [0.25, 0.3) is 0 Å². The summed E-state index contributed by atoms with van der Waals surface area (Å²) in [5.41, 5.74) is 0. The smallest absolute Gasteiger partial charge is 0.306 e. The van der Waals surface area contributed by atoms with Crippen LogP contribution >= 0.6 is 0 Å². The summed E-state index contributed by atoms with van der Waals surface area (Å²) < 4.78 is 10.9. The molecule has 0 aromatic carbocycles. The monoisotopic (exact) mass is 335 g/mol. The maximum Gasteiger partial charge on any atom is 0.306 e. The molecular weight excluding hydrogens is 310 g/mol. The van der Waals surface area contributed by atoms with Crippen LogP contribution in [-0.2, 0) is 20.9 Å². The summed E-state index contributed by atoms with van der Waals surface area (Å²) in [6.07, 6.45) is 4.58. The molecule has 2 aliphatic rings. The summed E-state index contributed by atoms with van der Waals surface area (Å²) >= 11 is 0. The SMILES string of the molecule is COCc1ccc(C2CCCN2C(=O)C2CCCC(C(=O)O)C2)o1. The number of aliphatic carboxylic acids is 1. The second kappa shape index (κ2) is 7.38. The van der Waals surface area contributed by atoms with Crippen molar-refractivity contribution in [1.29, 1.82) is 0 Å². The van der Waals surface area contributed by atoms with Gasteiger partial charge in [-0.15, -0.1) is 0 Å². The molecule has 1 amide bonds. The molecule has 1 N–H and O–H groups in total. The van der Waals surface area contributed by atoms with E-state index in [1.807, 2.05) is 17.0 Å². The number of likely N-dealkylation sites (tertiary alicyclic amines) is 1.